The van der Waals surface area contributed by atoms with Crippen molar-refractivity contribution in [2.75, 3.05) is 6.61 Å². The van der Waals surface area contributed by atoms with Crippen molar-refractivity contribution in [1.29, 1.82) is 0 Å². The Labute approximate surface area is 308 Å². The van der Waals surface area contributed by atoms with Gasteiger partial charge in [0, 0.05) is 19.9 Å². The topological polar surface area (TPSA) is 93.1 Å². The molecular weight excluding hydrogens is 760 g/mol. The third-order valence-corrected chi connectivity index (χ3v) is 10.9. The highest BCUT2D eigenvalue weighted by molar-refractivity contribution is 6.76. The van der Waals surface area contributed by atoms with Gasteiger partial charge in [-0.1, -0.05) is 69.2 Å². The van der Waals surface area contributed by atoms with Crippen molar-refractivity contribution in [3.63, 3.8) is 0 Å². The molecule has 0 aromatic heterocycles. The van der Waals surface area contributed by atoms with E-state index in [0.29, 0.717) is 6.61 Å². The molecule has 1 aliphatic carbocycles. The van der Waals surface area contributed by atoms with E-state index >= 15 is 0 Å². The molecule has 1 saturated carbocycles. The molecule has 2 atom stereocenters. The van der Waals surface area contributed by atoms with Crippen LogP contribution in [0.25, 0.3) is 0 Å². The normalized spacial score (nSPS) is 19.1. The molecule has 2 N–H and O–H groups in total. The number of hydrogen-bond acceptors (Lipinski definition) is 6. The lowest BCUT2D eigenvalue weighted by molar-refractivity contribution is -0.405. The number of aliphatic hydroxyl groups is 2. The Kier molecular flexibility index (Phi) is 23.3. The Balaban J connectivity index is -0.000000345. The highest BCUT2D eigenvalue weighted by atomic mass is 28.3. The third-order valence-electron chi connectivity index (χ3n) is 9.03. The van der Waals surface area contributed by atoms with E-state index in [9.17, 15) is 72.5 Å². The maximum atomic E-state index is 13.3. The second-order valence-corrected chi connectivity index (χ2v) is 20.5. The molecule has 324 valence electrons. The van der Waals surface area contributed by atoms with Crippen LogP contribution in [0.1, 0.15) is 110 Å². The molecule has 1 aliphatic rings. The summed E-state index contributed by atoms with van der Waals surface area (Å²) in [6, 6.07) is 1.23. The van der Waals surface area contributed by atoms with E-state index in [-0.39, 0.29) is 47.5 Å². The number of carbonyl (C=O) groups excluding carboxylic acids is 2. The maximum absolute atomic E-state index is 13.3. The van der Waals surface area contributed by atoms with Gasteiger partial charge < -0.3 is 19.7 Å². The number of hydrogen-bond donors (Lipinski definition) is 2. The first-order valence-electron chi connectivity index (χ1n) is 15.6. The predicted octanol–water partition coefficient (Wildman–Crippen LogP) is 11.7. The molecule has 0 radical (unpaired) electrons. The van der Waals surface area contributed by atoms with Crippen molar-refractivity contribution in [2.45, 2.75) is 177 Å². The molecule has 0 aromatic rings. The fraction of sp³-hybridized carbons (Fsp3) is 0.941. The molecule has 53 heavy (non-hydrogen) atoms. The first-order valence-corrected chi connectivity index (χ1v) is 19.3. The molecule has 0 aromatic carbocycles. The minimum Gasteiger partial charge on any atom is -0.465 e. The Hall–Kier alpha value is -1.76. The SMILES string of the molecule is C.C.C.C.CCC(C)(C)C(=O)OC1CC(C(O)(C(F)(F)F)C(F)(F)F)CC(C(O)(C(F)(F)F)C(F)(F)F)C1.CCC(C)(C)C(=O)OCCC[Si](C)(C)C. The van der Waals surface area contributed by atoms with Crippen LogP contribution in [0.5, 0.6) is 0 Å². The molecule has 0 saturated heterocycles. The molecule has 6 nitrogen and oxygen atoms in total. The van der Waals surface area contributed by atoms with Crippen LogP contribution in [0.2, 0.25) is 25.7 Å². The lowest BCUT2D eigenvalue weighted by Gasteiger charge is -2.48. The Morgan fingerprint density at radius 2 is 0.906 bits per heavy atom. The highest BCUT2D eigenvalue weighted by Crippen LogP contribution is 2.58. The summed E-state index contributed by atoms with van der Waals surface area (Å²) in [7, 11) is -0.975. The fourth-order valence-corrected chi connectivity index (χ4v) is 6.06. The van der Waals surface area contributed by atoms with Crippen molar-refractivity contribution in [3.8, 4) is 0 Å². The molecule has 0 aliphatic heterocycles. The molecular formula is C34H64F12O6Si. The quantitative estimate of drug-likeness (QED) is 0.0933. The van der Waals surface area contributed by atoms with Crippen LogP contribution in [-0.2, 0) is 19.1 Å². The first kappa shape index (κ1) is 60.5. The summed E-state index contributed by atoms with van der Waals surface area (Å²) in [5.74, 6) is -8.11. The van der Waals surface area contributed by atoms with Gasteiger partial charge in [-0.25, -0.2) is 0 Å². The van der Waals surface area contributed by atoms with Crippen LogP contribution >= 0.6 is 0 Å². The summed E-state index contributed by atoms with van der Waals surface area (Å²) in [5, 5.41) is 19.2. The zero-order chi connectivity index (χ0) is 39.5. The largest absolute Gasteiger partial charge is 0.465 e. The summed E-state index contributed by atoms with van der Waals surface area (Å²) < 4.78 is 170. The average Bonchev–Trinajstić information content (AvgIpc) is 2.91. The van der Waals surface area contributed by atoms with Gasteiger partial charge in [0.1, 0.15) is 6.10 Å². The molecule has 0 heterocycles. The van der Waals surface area contributed by atoms with Crippen LogP contribution in [0.15, 0.2) is 0 Å². The van der Waals surface area contributed by atoms with E-state index in [1.165, 1.54) is 26.8 Å². The number of rotatable bonds is 11. The van der Waals surface area contributed by atoms with Gasteiger partial charge in [-0.15, -0.1) is 0 Å². The molecule has 2 unspecified atom stereocenters. The fourth-order valence-electron chi connectivity index (χ4n) is 4.85. The number of carbonyl (C=O) groups is 2. The standard InChI is InChI=1S/C18H22F12O4.C12H26O2Si.4CH4/c1-4-12(2,3)11(31)34-10-6-8(13(32,15(19,20)21)16(22,23)24)5-9(7-10)14(33,17(25,26)27)18(28,29)30;1-7-12(2,3)11(13)14-9-8-10-15(4,5)6;;;;/h8-10,32-33H,4-7H2,1-3H3;7-10H2,1-6H3;4*1H4. The van der Waals surface area contributed by atoms with Crippen molar-refractivity contribution in [2.24, 2.45) is 22.7 Å². The van der Waals surface area contributed by atoms with E-state index in [1.807, 2.05) is 20.8 Å². The molecule has 19 heteroatoms. The maximum Gasteiger partial charge on any atom is 0.426 e. The van der Waals surface area contributed by atoms with E-state index in [1.54, 1.807) is 0 Å². The molecule has 0 bridgehead atoms. The van der Waals surface area contributed by atoms with Crippen molar-refractivity contribution in [3.05, 3.63) is 0 Å². The highest BCUT2D eigenvalue weighted by Gasteiger charge is 2.78. The first-order chi connectivity index (χ1) is 21.5. The number of alkyl halides is 12. The Bertz CT molecular complexity index is 1020. The molecule has 0 amide bonds. The predicted molar refractivity (Wildman–Crippen MR) is 184 cm³/mol. The molecule has 1 fully saturated rings. The van der Waals surface area contributed by atoms with Gasteiger partial charge in [0.15, 0.2) is 0 Å². The van der Waals surface area contributed by atoms with Crippen molar-refractivity contribution in [1.82, 2.24) is 0 Å². The summed E-state index contributed by atoms with van der Waals surface area (Å²) in [6.45, 7) is 17.3. The zero-order valence-corrected chi connectivity index (χ0v) is 30.0. The van der Waals surface area contributed by atoms with Gasteiger partial charge >= 0.3 is 36.6 Å². The van der Waals surface area contributed by atoms with Crippen LogP contribution in [0.3, 0.4) is 0 Å². The minimum absolute atomic E-state index is 0. The van der Waals surface area contributed by atoms with Gasteiger partial charge in [0.25, 0.3) is 11.2 Å². The summed E-state index contributed by atoms with van der Waals surface area (Å²) in [4.78, 5) is 23.8. The van der Waals surface area contributed by atoms with Crippen molar-refractivity contribution >= 4 is 20.0 Å². The molecule has 0 spiro atoms. The van der Waals surface area contributed by atoms with Crippen LogP contribution in [0.4, 0.5) is 52.7 Å². The van der Waals surface area contributed by atoms with E-state index in [4.69, 9.17) is 9.47 Å². The Morgan fingerprint density at radius 3 is 1.17 bits per heavy atom. The second kappa shape index (κ2) is 20.4. The lowest BCUT2D eigenvalue weighted by atomic mass is 9.65. The van der Waals surface area contributed by atoms with Gasteiger partial charge in [-0.3, -0.25) is 9.59 Å². The number of halogens is 12. The number of esters is 2. The van der Waals surface area contributed by atoms with Crippen molar-refractivity contribution < 1.29 is 82.0 Å². The van der Waals surface area contributed by atoms with Gasteiger partial charge in [0.05, 0.1) is 17.4 Å². The number of ether oxygens (including phenoxy) is 2. The van der Waals surface area contributed by atoms with Crippen LogP contribution in [0, 0.1) is 22.7 Å². The van der Waals surface area contributed by atoms with Crippen LogP contribution in [-0.4, -0.2) is 78.8 Å². The smallest absolute Gasteiger partial charge is 0.426 e. The van der Waals surface area contributed by atoms with Crippen LogP contribution < -0.4 is 0 Å². The lowest BCUT2D eigenvalue weighted by Crippen LogP contribution is -2.67. The second-order valence-electron chi connectivity index (χ2n) is 14.9. The summed E-state index contributed by atoms with van der Waals surface area (Å²) in [6.07, 6.45) is -32.1. The minimum atomic E-state index is -6.58. The monoisotopic (exact) mass is 824 g/mol. The Morgan fingerprint density at radius 1 is 0.604 bits per heavy atom. The third kappa shape index (κ3) is 15.0. The van der Waals surface area contributed by atoms with E-state index in [2.05, 4.69) is 19.6 Å². The van der Waals surface area contributed by atoms with Gasteiger partial charge in [-0.2, -0.15) is 52.7 Å². The molecule has 1 rings (SSSR count). The summed E-state index contributed by atoms with van der Waals surface area (Å²) >= 11 is 0. The van der Waals surface area contributed by atoms with E-state index < -0.39 is 92.6 Å². The van der Waals surface area contributed by atoms with Gasteiger partial charge in [0.2, 0.25) is 0 Å². The summed E-state index contributed by atoms with van der Waals surface area (Å²) in [5.41, 5.74) is -13.3. The van der Waals surface area contributed by atoms with Gasteiger partial charge in [-0.05, 0) is 66.2 Å². The zero-order valence-electron chi connectivity index (χ0n) is 29.0. The average molecular weight is 825 g/mol. The van der Waals surface area contributed by atoms with E-state index in [0.717, 1.165) is 12.8 Å².